The molecule has 2 N–H and O–H groups in total. The average Bonchev–Trinajstić information content (AvgIpc) is 3.19. The molecule has 0 saturated heterocycles. The zero-order chi connectivity index (χ0) is 21.2. The highest BCUT2D eigenvalue weighted by Gasteiger charge is 2.13. The Morgan fingerprint density at radius 1 is 1.03 bits per heavy atom. The highest BCUT2D eigenvalue weighted by atomic mass is 32.2. The maximum absolute atomic E-state index is 12.3. The van der Waals surface area contributed by atoms with Crippen molar-refractivity contribution in [2.75, 3.05) is 32.2 Å². The van der Waals surface area contributed by atoms with E-state index in [1.807, 2.05) is 55.5 Å². The van der Waals surface area contributed by atoms with Crippen LogP contribution >= 0.6 is 0 Å². The van der Waals surface area contributed by atoms with Crippen molar-refractivity contribution in [3.8, 4) is 11.5 Å². The highest BCUT2D eigenvalue weighted by molar-refractivity contribution is 7.90. The molecule has 2 aromatic rings. The molecule has 0 spiro atoms. The molecular formula is C22H29N3O4S. The number of aliphatic imine (C=N–C) groups is 1. The Balaban J connectivity index is 1.42. The van der Waals surface area contributed by atoms with Crippen molar-refractivity contribution in [2.45, 2.75) is 25.5 Å². The number of benzene rings is 2. The molecule has 8 heteroatoms. The van der Waals surface area contributed by atoms with Crippen molar-refractivity contribution in [3.63, 3.8) is 0 Å². The van der Waals surface area contributed by atoms with Gasteiger partial charge < -0.3 is 20.1 Å². The molecule has 7 nitrogen and oxygen atoms in total. The van der Waals surface area contributed by atoms with Crippen LogP contribution in [0.4, 0.5) is 0 Å². The van der Waals surface area contributed by atoms with Crippen LogP contribution in [0.5, 0.6) is 11.5 Å². The first-order valence-electron chi connectivity index (χ1n) is 10.2. The van der Waals surface area contributed by atoms with Crippen molar-refractivity contribution in [3.05, 3.63) is 59.7 Å². The van der Waals surface area contributed by atoms with Gasteiger partial charge in [-0.15, -0.1) is 0 Å². The van der Waals surface area contributed by atoms with Crippen molar-refractivity contribution < 1.29 is 17.9 Å². The molecule has 0 radical (unpaired) electrons. The smallest absolute Gasteiger partial charge is 0.231 e. The lowest BCUT2D eigenvalue weighted by atomic mass is 10.1. The topological polar surface area (TPSA) is 89.0 Å². The molecule has 1 heterocycles. The standard InChI is InChI=1S/C22H29N3O4S/c1-2-23-22(25-13-11-18-9-10-20-21(15-18)29-17-28-20)24-12-6-14-30(26,27)16-19-7-4-3-5-8-19/h3-5,7-10,15H,2,6,11-14,16-17H2,1H3,(H2,23,24,25). The van der Waals surface area contributed by atoms with Crippen LogP contribution in [-0.4, -0.2) is 46.6 Å². The second kappa shape index (κ2) is 10.9. The molecule has 0 unspecified atom stereocenters. The summed E-state index contributed by atoms with van der Waals surface area (Å²) in [4.78, 5) is 4.50. The maximum atomic E-state index is 12.3. The number of guanidine groups is 1. The molecule has 1 aliphatic rings. The first-order valence-corrected chi connectivity index (χ1v) is 12.0. The molecule has 2 aromatic carbocycles. The Morgan fingerprint density at radius 2 is 1.83 bits per heavy atom. The summed E-state index contributed by atoms with van der Waals surface area (Å²) in [5.74, 6) is 2.46. The Bertz CT molecular complexity index is 946. The molecule has 30 heavy (non-hydrogen) atoms. The van der Waals surface area contributed by atoms with Gasteiger partial charge in [-0.2, -0.15) is 0 Å². The van der Waals surface area contributed by atoms with Gasteiger partial charge in [0.15, 0.2) is 27.3 Å². The fourth-order valence-corrected chi connectivity index (χ4v) is 4.55. The van der Waals surface area contributed by atoms with Crippen LogP contribution in [0.3, 0.4) is 0 Å². The van der Waals surface area contributed by atoms with E-state index < -0.39 is 9.84 Å². The predicted molar refractivity (Wildman–Crippen MR) is 119 cm³/mol. The van der Waals surface area contributed by atoms with Gasteiger partial charge in [0, 0.05) is 19.6 Å². The van der Waals surface area contributed by atoms with E-state index in [0.29, 0.717) is 25.5 Å². The van der Waals surface area contributed by atoms with Crippen molar-refractivity contribution in [2.24, 2.45) is 4.99 Å². The minimum atomic E-state index is -3.14. The molecule has 1 aliphatic heterocycles. The zero-order valence-corrected chi connectivity index (χ0v) is 18.1. The minimum Gasteiger partial charge on any atom is -0.454 e. The summed E-state index contributed by atoms with van der Waals surface area (Å²) < 4.78 is 35.3. The average molecular weight is 432 g/mol. The van der Waals surface area contributed by atoms with Crippen molar-refractivity contribution in [1.82, 2.24) is 10.6 Å². The highest BCUT2D eigenvalue weighted by Crippen LogP contribution is 2.32. The van der Waals surface area contributed by atoms with Crippen LogP contribution in [0.1, 0.15) is 24.5 Å². The zero-order valence-electron chi connectivity index (χ0n) is 17.3. The summed E-state index contributed by atoms with van der Waals surface area (Å²) in [7, 11) is -3.14. The fourth-order valence-electron chi connectivity index (χ4n) is 3.14. The van der Waals surface area contributed by atoms with Gasteiger partial charge in [-0.3, -0.25) is 4.99 Å². The van der Waals surface area contributed by atoms with E-state index in [1.54, 1.807) is 0 Å². The third-order valence-electron chi connectivity index (χ3n) is 4.60. The molecule has 162 valence electrons. The van der Waals surface area contributed by atoms with E-state index in [4.69, 9.17) is 9.47 Å². The fraction of sp³-hybridized carbons (Fsp3) is 0.409. The Morgan fingerprint density at radius 3 is 2.63 bits per heavy atom. The summed E-state index contributed by atoms with van der Waals surface area (Å²) in [6.45, 7) is 4.17. The van der Waals surface area contributed by atoms with Gasteiger partial charge in [0.2, 0.25) is 6.79 Å². The predicted octanol–water partition coefficient (Wildman–Crippen LogP) is 2.52. The Labute approximate surface area is 178 Å². The summed E-state index contributed by atoms with van der Waals surface area (Å²) in [6.07, 6.45) is 1.31. The molecule has 0 saturated carbocycles. The molecule has 3 rings (SSSR count). The first-order chi connectivity index (χ1) is 14.6. The lowest BCUT2D eigenvalue weighted by molar-refractivity contribution is 0.174. The second-order valence-electron chi connectivity index (χ2n) is 7.06. The number of hydrogen-bond acceptors (Lipinski definition) is 5. The molecule has 0 fully saturated rings. The Hall–Kier alpha value is -2.74. The van der Waals surface area contributed by atoms with Crippen molar-refractivity contribution in [1.29, 1.82) is 0 Å². The molecule has 0 atom stereocenters. The van der Waals surface area contributed by atoms with Gasteiger partial charge in [0.1, 0.15) is 0 Å². The van der Waals surface area contributed by atoms with E-state index in [-0.39, 0.29) is 18.3 Å². The number of ether oxygens (including phenoxy) is 2. The number of sulfone groups is 1. The van der Waals surface area contributed by atoms with Crippen LogP contribution in [0.25, 0.3) is 0 Å². The van der Waals surface area contributed by atoms with Crippen LogP contribution in [0.2, 0.25) is 0 Å². The van der Waals surface area contributed by atoms with E-state index in [1.165, 1.54) is 0 Å². The molecule has 0 amide bonds. The number of fused-ring (bicyclic) bond motifs is 1. The van der Waals surface area contributed by atoms with Gasteiger partial charge in [-0.25, -0.2) is 8.42 Å². The van der Waals surface area contributed by atoms with Crippen LogP contribution in [0, 0.1) is 0 Å². The van der Waals surface area contributed by atoms with Gasteiger partial charge in [-0.1, -0.05) is 36.4 Å². The van der Waals surface area contributed by atoms with E-state index >= 15 is 0 Å². The van der Waals surface area contributed by atoms with Gasteiger partial charge in [0.25, 0.3) is 0 Å². The summed E-state index contributed by atoms with van der Waals surface area (Å²) in [5, 5.41) is 6.48. The quantitative estimate of drug-likeness (QED) is 0.341. The lowest BCUT2D eigenvalue weighted by Gasteiger charge is -2.11. The van der Waals surface area contributed by atoms with E-state index in [0.717, 1.165) is 35.6 Å². The first kappa shape index (κ1) is 22.0. The second-order valence-corrected chi connectivity index (χ2v) is 9.24. The lowest BCUT2D eigenvalue weighted by Crippen LogP contribution is -2.38. The molecule has 0 bridgehead atoms. The molecule has 0 aromatic heterocycles. The summed E-state index contributed by atoms with van der Waals surface area (Å²) in [5.41, 5.74) is 1.97. The largest absolute Gasteiger partial charge is 0.454 e. The molecular weight excluding hydrogens is 402 g/mol. The third kappa shape index (κ3) is 6.95. The minimum absolute atomic E-state index is 0.0748. The van der Waals surface area contributed by atoms with E-state index in [2.05, 4.69) is 15.6 Å². The van der Waals surface area contributed by atoms with Crippen LogP contribution in [-0.2, 0) is 22.0 Å². The maximum Gasteiger partial charge on any atom is 0.231 e. The monoisotopic (exact) mass is 431 g/mol. The number of rotatable bonds is 10. The SMILES string of the molecule is CCNC(=NCCCS(=O)(=O)Cc1ccccc1)NCCc1ccc2c(c1)OCO2. The van der Waals surface area contributed by atoms with E-state index in [9.17, 15) is 8.42 Å². The third-order valence-corrected chi connectivity index (χ3v) is 6.28. The molecule has 0 aliphatic carbocycles. The van der Waals surface area contributed by atoms with Crippen LogP contribution in [0.15, 0.2) is 53.5 Å². The number of nitrogens with one attached hydrogen (secondary N) is 2. The summed E-state index contributed by atoms with van der Waals surface area (Å²) >= 11 is 0. The van der Waals surface area contributed by atoms with Gasteiger partial charge >= 0.3 is 0 Å². The van der Waals surface area contributed by atoms with Crippen LogP contribution < -0.4 is 20.1 Å². The normalized spacial score (nSPS) is 13.3. The Kier molecular flexibility index (Phi) is 7.96. The summed E-state index contributed by atoms with van der Waals surface area (Å²) in [6, 6.07) is 15.2. The van der Waals surface area contributed by atoms with Gasteiger partial charge in [0.05, 0.1) is 11.5 Å². The van der Waals surface area contributed by atoms with Crippen molar-refractivity contribution >= 4 is 15.8 Å². The number of hydrogen-bond donors (Lipinski definition) is 2. The number of nitrogens with zero attached hydrogens (tertiary/aromatic N) is 1. The van der Waals surface area contributed by atoms with Gasteiger partial charge in [-0.05, 0) is 43.0 Å².